The van der Waals surface area contributed by atoms with Crippen molar-refractivity contribution in [2.75, 3.05) is 11.9 Å². The van der Waals surface area contributed by atoms with Crippen LogP contribution >= 0.6 is 11.6 Å². The van der Waals surface area contributed by atoms with Crippen LogP contribution in [0, 0.1) is 20.8 Å². The zero-order valence-corrected chi connectivity index (χ0v) is 15.3. The molecule has 0 heterocycles. The van der Waals surface area contributed by atoms with Gasteiger partial charge in [0.05, 0.1) is 11.4 Å². The third-order valence-electron chi connectivity index (χ3n) is 3.52. The summed E-state index contributed by atoms with van der Waals surface area (Å²) >= 11 is 5.87. The van der Waals surface area contributed by atoms with Gasteiger partial charge in [-0.1, -0.05) is 23.7 Å². The number of rotatable bonds is 5. The molecular formula is C17H19ClN2O3S. The Morgan fingerprint density at radius 1 is 1.04 bits per heavy atom. The number of carbonyl (C=O) groups is 1. The lowest BCUT2D eigenvalue weighted by Crippen LogP contribution is -2.33. The van der Waals surface area contributed by atoms with Crippen LogP contribution in [0.4, 0.5) is 5.69 Å². The first-order valence-corrected chi connectivity index (χ1v) is 9.18. The lowest BCUT2D eigenvalue weighted by molar-refractivity contribution is -0.115. The fraction of sp³-hybridized carbons (Fsp3) is 0.235. The van der Waals surface area contributed by atoms with Crippen LogP contribution in [0.25, 0.3) is 0 Å². The van der Waals surface area contributed by atoms with Gasteiger partial charge in [-0.15, -0.1) is 0 Å². The van der Waals surface area contributed by atoms with Gasteiger partial charge in [0, 0.05) is 10.7 Å². The van der Waals surface area contributed by atoms with Crippen molar-refractivity contribution in [2.24, 2.45) is 0 Å². The fourth-order valence-corrected chi connectivity index (χ4v) is 3.73. The monoisotopic (exact) mass is 366 g/mol. The van der Waals surface area contributed by atoms with Gasteiger partial charge in [0.1, 0.15) is 0 Å². The number of sulfonamides is 1. The summed E-state index contributed by atoms with van der Waals surface area (Å²) in [7, 11) is -3.75. The van der Waals surface area contributed by atoms with Gasteiger partial charge in [0.2, 0.25) is 15.9 Å². The maximum Gasteiger partial charge on any atom is 0.241 e. The van der Waals surface area contributed by atoms with Gasteiger partial charge >= 0.3 is 0 Å². The lowest BCUT2D eigenvalue weighted by atomic mass is 10.2. The summed E-state index contributed by atoms with van der Waals surface area (Å²) < 4.78 is 27.1. The number of hydrogen-bond acceptors (Lipinski definition) is 3. The van der Waals surface area contributed by atoms with Gasteiger partial charge in [-0.25, -0.2) is 13.1 Å². The minimum absolute atomic E-state index is 0.179. The highest BCUT2D eigenvalue weighted by Gasteiger charge is 2.18. The molecule has 7 heteroatoms. The van der Waals surface area contributed by atoms with Crippen LogP contribution in [0.5, 0.6) is 0 Å². The smallest absolute Gasteiger partial charge is 0.241 e. The highest BCUT2D eigenvalue weighted by atomic mass is 35.5. The molecule has 0 saturated carbocycles. The van der Waals surface area contributed by atoms with Gasteiger partial charge in [0.25, 0.3) is 0 Å². The molecule has 0 aliphatic carbocycles. The largest absolute Gasteiger partial charge is 0.325 e. The molecule has 0 spiro atoms. The van der Waals surface area contributed by atoms with E-state index in [9.17, 15) is 13.2 Å². The summed E-state index contributed by atoms with van der Waals surface area (Å²) in [4.78, 5) is 12.2. The predicted molar refractivity (Wildman–Crippen MR) is 95.9 cm³/mol. The number of benzene rings is 2. The third kappa shape index (κ3) is 4.56. The summed E-state index contributed by atoms with van der Waals surface area (Å²) in [5, 5.41) is 3.23. The van der Waals surface area contributed by atoms with E-state index in [1.54, 1.807) is 37.3 Å². The molecule has 0 atom stereocenters. The molecular weight excluding hydrogens is 348 g/mol. The Balaban J connectivity index is 2.06. The molecule has 5 nitrogen and oxygen atoms in total. The van der Waals surface area contributed by atoms with Crippen molar-refractivity contribution in [1.29, 1.82) is 0 Å². The van der Waals surface area contributed by atoms with E-state index >= 15 is 0 Å². The molecule has 0 aromatic heterocycles. The maximum absolute atomic E-state index is 12.4. The molecule has 0 aliphatic rings. The van der Waals surface area contributed by atoms with Gasteiger partial charge in [-0.2, -0.15) is 0 Å². The number of anilines is 1. The number of hydrogen-bond donors (Lipinski definition) is 2. The Morgan fingerprint density at radius 3 is 2.42 bits per heavy atom. The van der Waals surface area contributed by atoms with Crippen LogP contribution in [0.2, 0.25) is 5.02 Å². The first-order valence-electron chi connectivity index (χ1n) is 7.32. The molecule has 0 unspecified atom stereocenters. The van der Waals surface area contributed by atoms with E-state index in [4.69, 9.17) is 11.6 Å². The number of amides is 1. The summed E-state index contributed by atoms with van der Waals surface area (Å²) in [6.45, 7) is 4.99. The van der Waals surface area contributed by atoms with Crippen molar-refractivity contribution in [2.45, 2.75) is 25.7 Å². The predicted octanol–water partition coefficient (Wildman–Crippen LogP) is 3.18. The van der Waals surface area contributed by atoms with Crippen molar-refractivity contribution >= 4 is 33.2 Å². The van der Waals surface area contributed by atoms with Crippen LogP contribution in [-0.4, -0.2) is 20.9 Å². The van der Waals surface area contributed by atoms with Gasteiger partial charge in [0.15, 0.2) is 0 Å². The van der Waals surface area contributed by atoms with Gasteiger partial charge < -0.3 is 5.32 Å². The van der Waals surface area contributed by atoms with E-state index in [0.29, 0.717) is 16.3 Å². The van der Waals surface area contributed by atoms with Gasteiger partial charge in [-0.05, 0) is 61.7 Å². The first kappa shape index (κ1) is 18.4. The average Bonchev–Trinajstić information content (AvgIpc) is 2.50. The number of halogens is 1. The zero-order valence-electron chi connectivity index (χ0n) is 13.7. The average molecular weight is 367 g/mol. The molecule has 0 radical (unpaired) electrons. The summed E-state index contributed by atoms with van der Waals surface area (Å²) in [5.74, 6) is -0.450. The van der Waals surface area contributed by atoms with E-state index in [1.165, 1.54) is 0 Å². The van der Waals surface area contributed by atoms with E-state index in [2.05, 4.69) is 10.0 Å². The first-order chi connectivity index (χ1) is 11.2. The molecule has 2 aromatic rings. The molecule has 2 N–H and O–H groups in total. The zero-order chi connectivity index (χ0) is 17.9. The Bertz CT molecular complexity index is 879. The van der Waals surface area contributed by atoms with Crippen molar-refractivity contribution < 1.29 is 13.2 Å². The molecule has 1 amide bonds. The van der Waals surface area contributed by atoms with Crippen LogP contribution < -0.4 is 10.0 Å². The Hall–Kier alpha value is -1.89. The molecule has 128 valence electrons. The van der Waals surface area contributed by atoms with Crippen LogP contribution in [-0.2, 0) is 14.8 Å². The van der Waals surface area contributed by atoms with Crippen molar-refractivity contribution in [1.82, 2.24) is 4.72 Å². The highest BCUT2D eigenvalue weighted by molar-refractivity contribution is 7.89. The molecule has 0 bridgehead atoms. The lowest BCUT2D eigenvalue weighted by Gasteiger charge is -2.11. The van der Waals surface area contributed by atoms with E-state index in [0.717, 1.165) is 11.1 Å². The van der Waals surface area contributed by atoms with E-state index in [-0.39, 0.29) is 11.4 Å². The molecule has 24 heavy (non-hydrogen) atoms. The molecule has 2 rings (SSSR count). The third-order valence-corrected chi connectivity index (χ3v) is 5.30. The minimum Gasteiger partial charge on any atom is -0.325 e. The van der Waals surface area contributed by atoms with E-state index < -0.39 is 15.9 Å². The van der Waals surface area contributed by atoms with Crippen LogP contribution in [0.1, 0.15) is 16.7 Å². The Labute approximate surface area is 147 Å². The van der Waals surface area contributed by atoms with Crippen LogP contribution in [0.15, 0.2) is 41.3 Å². The summed E-state index contributed by atoms with van der Waals surface area (Å²) in [6, 6.07) is 10.2. The standard InChI is InChI=1S/C17H19ClN2O3S/c1-11-4-5-12(2)16(8-11)24(22,23)19-10-17(21)20-15-7-6-14(18)9-13(15)3/h4-9,19H,10H2,1-3H3,(H,20,21). The Morgan fingerprint density at radius 2 is 1.75 bits per heavy atom. The highest BCUT2D eigenvalue weighted by Crippen LogP contribution is 2.19. The number of nitrogens with one attached hydrogen (secondary N) is 2. The second-order valence-corrected chi connectivity index (χ2v) is 7.77. The van der Waals surface area contributed by atoms with Gasteiger partial charge in [-0.3, -0.25) is 4.79 Å². The summed E-state index contributed by atoms with van der Waals surface area (Å²) in [5.41, 5.74) is 2.85. The molecule has 2 aromatic carbocycles. The second-order valence-electron chi connectivity index (χ2n) is 5.60. The minimum atomic E-state index is -3.75. The normalized spacial score (nSPS) is 11.3. The second kappa shape index (κ2) is 7.34. The quantitative estimate of drug-likeness (QED) is 0.853. The van der Waals surface area contributed by atoms with E-state index in [1.807, 2.05) is 19.9 Å². The number of aryl methyl sites for hydroxylation is 3. The topological polar surface area (TPSA) is 75.3 Å². The Kier molecular flexibility index (Phi) is 5.64. The maximum atomic E-state index is 12.4. The van der Waals surface area contributed by atoms with Crippen molar-refractivity contribution in [3.05, 3.63) is 58.1 Å². The van der Waals surface area contributed by atoms with Crippen molar-refractivity contribution in [3.63, 3.8) is 0 Å². The number of carbonyl (C=O) groups excluding carboxylic acids is 1. The van der Waals surface area contributed by atoms with Crippen LogP contribution in [0.3, 0.4) is 0 Å². The molecule has 0 aliphatic heterocycles. The van der Waals surface area contributed by atoms with Crippen molar-refractivity contribution in [3.8, 4) is 0 Å². The molecule has 0 fully saturated rings. The SMILES string of the molecule is Cc1ccc(C)c(S(=O)(=O)NCC(=O)Nc2ccc(Cl)cc2C)c1. The molecule has 0 saturated heterocycles. The fourth-order valence-electron chi connectivity index (χ4n) is 2.20. The summed E-state index contributed by atoms with van der Waals surface area (Å²) in [6.07, 6.45) is 0.